The SMILES string of the molecule is CCn1nc(C)cc1C(NN)c1ccc(F)c(F)c1F. The van der Waals surface area contributed by atoms with Crippen LogP contribution in [-0.2, 0) is 6.54 Å². The molecule has 3 N–H and O–H groups in total. The van der Waals surface area contributed by atoms with Gasteiger partial charge in [0.2, 0.25) is 0 Å². The van der Waals surface area contributed by atoms with Crippen molar-refractivity contribution in [3.05, 3.63) is 52.6 Å². The molecule has 1 aromatic heterocycles. The van der Waals surface area contributed by atoms with Gasteiger partial charge in [-0.1, -0.05) is 6.07 Å². The predicted molar refractivity (Wildman–Crippen MR) is 68.1 cm³/mol. The number of rotatable bonds is 4. The van der Waals surface area contributed by atoms with E-state index in [4.69, 9.17) is 5.84 Å². The molecule has 0 aliphatic carbocycles. The van der Waals surface area contributed by atoms with Crippen molar-refractivity contribution in [3.8, 4) is 0 Å². The van der Waals surface area contributed by atoms with Crippen molar-refractivity contribution >= 4 is 0 Å². The summed E-state index contributed by atoms with van der Waals surface area (Å²) in [4.78, 5) is 0. The van der Waals surface area contributed by atoms with Crippen LogP contribution in [0.15, 0.2) is 18.2 Å². The van der Waals surface area contributed by atoms with Crippen molar-refractivity contribution in [2.45, 2.75) is 26.4 Å². The first-order chi connectivity index (χ1) is 9.49. The summed E-state index contributed by atoms with van der Waals surface area (Å²) in [5, 5.41) is 4.22. The van der Waals surface area contributed by atoms with Gasteiger partial charge in [-0.25, -0.2) is 18.6 Å². The summed E-state index contributed by atoms with van der Waals surface area (Å²) < 4.78 is 41.9. The van der Waals surface area contributed by atoms with Crippen LogP contribution in [0.2, 0.25) is 0 Å². The van der Waals surface area contributed by atoms with Crippen LogP contribution in [-0.4, -0.2) is 9.78 Å². The number of hydrogen-bond donors (Lipinski definition) is 2. The van der Waals surface area contributed by atoms with Crippen LogP contribution in [0.25, 0.3) is 0 Å². The second-order valence-corrected chi connectivity index (χ2v) is 4.39. The number of aryl methyl sites for hydroxylation is 2. The summed E-state index contributed by atoms with van der Waals surface area (Å²) in [5.74, 6) is 1.45. The number of nitrogens with zero attached hydrogens (tertiary/aromatic N) is 2. The van der Waals surface area contributed by atoms with Crippen molar-refractivity contribution in [1.29, 1.82) is 0 Å². The Morgan fingerprint density at radius 3 is 2.60 bits per heavy atom. The Morgan fingerprint density at radius 1 is 1.30 bits per heavy atom. The highest BCUT2D eigenvalue weighted by molar-refractivity contribution is 5.31. The number of hydrogen-bond acceptors (Lipinski definition) is 3. The molecular formula is C13H15F3N4. The first kappa shape index (κ1) is 14.5. The molecule has 0 bridgehead atoms. The third-order valence-corrected chi connectivity index (χ3v) is 3.07. The van der Waals surface area contributed by atoms with Crippen LogP contribution in [0, 0.1) is 24.4 Å². The minimum absolute atomic E-state index is 0.0685. The van der Waals surface area contributed by atoms with E-state index in [-0.39, 0.29) is 5.56 Å². The molecule has 1 aromatic carbocycles. The summed E-state index contributed by atoms with van der Waals surface area (Å²) in [5.41, 5.74) is 3.66. The maximum atomic E-state index is 13.9. The molecule has 7 heteroatoms. The van der Waals surface area contributed by atoms with Gasteiger partial charge in [0.1, 0.15) is 0 Å². The average molecular weight is 284 g/mol. The fourth-order valence-corrected chi connectivity index (χ4v) is 2.15. The molecule has 0 saturated carbocycles. The third kappa shape index (κ3) is 2.41. The maximum Gasteiger partial charge on any atom is 0.194 e. The van der Waals surface area contributed by atoms with Crippen molar-refractivity contribution < 1.29 is 13.2 Å². The first-order valence-electron chi connectivity index (χ1n) is 6.13. The Balaban J connectivity index is 2.55. The highest BCUT2D eigenvalue weighted by Crippen LogP contribution is 2.26. The zero-order chi connectivity index (χ0) is 14.9. The second kappa shape index (κ2) is 5.64. The molecule has 108 valence electrons. The predicted octanol–water partition coefficient (Wildman–Crippen LogP) is 2.18. The molecule has 0 amide bonds. The lowest BCUT2D eigenvalue weighted by Crippen LogP contribution is -2.31. The number of benzene rings is 1. The fraction of sp³-hybridized carbons (Fsp3) is 0.308. The molecule has 0 radical (unpaired) electrons. The smallest absolute Gasteiger partial charge is 0.194 e. The van der Waals surface area contributed by atoms with Crippen molar-refractivity contribution in [3.63, 3.8) is 0 Å². The van der Waals surface area contributed by atoms with Crippen LogP contribution >= 0.6 is 0 Å². The van der Waals surface area contributed by atoms with Gasteiger partial charge in [0.05, 0.1) is 17.4 Å². The minimum Gasteiger partial charge on any atom is -0.271 e. The van der Waals surface area contributed by atoms with Gasteiger partial charge in [0.25, 0.3) is 0 Å². The standard InChI is InChI=1S/C13H15F3N4/c1-3-20-10(6-7(2)19-20)13(18-17)8-4-5-9(14)12(16)11(8)15/h4-6,13,18H,3,17H2,1-2H3. The molecule has 1 unspecified atom stereocenters. The van der Waals surface area contributed by atoms with E-state index >= 15 is 0 Å². The topological polar surface area (TPSA) is 55.9 Å². The van der Waals surface area contributed by atoms with E-state index in [1.807, 2.05) is 6.92 Å². The number of nitrogens with one attached hydrogen (secondary N) is 1. The van der Waals surface area contributed by atoms with E-state index in [1.165, 1.54) is 6.07 Å². The van der Waals surface area contributed by atoms with Gasteiger partial charge in [-0.2, -0.15) is 5.10 Å². The first-order valence-corrected chi connectivity index (χ1v) is 6.13. The molecule has 1 heterocycles. The Kier molecular flexibility index (Phi) is 4.10. The van der Waals surface area contributed by atoms with Crippen LogP contribution in [0.4, 0.5) is 13.2 Å². The molecule has 1 atom stereocenters. The Hall–Kier alpha value is -1.86. The van der Waals surface area contributed by atoms with Gasteiger partial charge in [-0.15, -0.1) is 0 Å². The molecule has 2 aromatic rings. The Morgan fingerprint density at radius 2 is 2.00 bits per heavy atom. The van der Waals surface area contributed by atoms with Gasteiger partial charge in [0.15, 0.2) is 17.5 Å². The number of halogens is 3. The molecule has 0 aliphatic rings. The maximum absolute atomic E-state index is 13.9. The fourth-order valence-electron chi connectivity index (χ4n) is 2.15. The molecule has 0 saturated heterocycles. The summed E-state index contributed by atoms with van der Waals surface area (Å²) in [6, 6.07) is 2.94. The van der Waals surface area contributed by atoms with E-state index in [0.29, 0.717) is 12.2 Å². The molecule has 0 spiro atoms. The number of hydrazine groups is 1. The monoisotopic (exact) mass is 284 g/mol. The average Bonchev–Trinajstić information content (AvgIpc) is 2.80. The van der Waals surface area contributed by atoms with Crippen molar-refractivity contribution in [2.24, 2.45) is 5.84 Å². The summed E-state index contributed by atoms with van der Waals surface area (Å²) in [7, 11) is 0. The Labute approximate surface area is 114 Å². The summed E-state index contributed by atoms with van der Waals surface area (Å²) in [6.07, 6.45) is 0. The number of aromatic nitrogens is 2. The minimum atomic E-state index is -1.51. The van der Waals surface area contributed by atoms with Crippen LogP contribution in [0.5, 0.6) is 0 Å². The van der Waals surface area contributed by atoms with Crippen LogP contribution < -0.4 is 11.3 Å². The number of nitrogens with two attached hydrogens (primary N) is 1. The molecular weight excluding hydrogens is 269 g/mol. The second-order valence-electron chi connectivity index (χ2n) is 4.39. The van der Waals surface area contributed by atoms with Gasteiger partial charge < -0.3 is 0 Å². The largest absolute Gasteiger partial charge is 0.271 e. The van der Waals surface area contributed by atoms with Crippen LogP contribution in [0.3, 0.4) is 0 Å². The summed E-state index contributed by atoms with van der Waals surface area (Å²) >= 11 is 0. The summed E-state index contributed by atoms with van der Waals surface area (Å²) in [6.45, 7) is 4.20. The third-order valence-electron chi connectivity index (χ3n) is 3.07. The van der Waals surface area contributed by atoms with Gasteiger partial charge in [-0.3, -0.25) is 10.5 Å². The molecule has 20 heavy (non-hydrogen) atoms. The van der Waals surface area contributed by atoms with E-state index in [2.05, 4.69) is 10.5 Å². The highest BCUT2D eigenvalue weighted by Gasteiger charge is 2.24. The van der Waals surface area contributed by atoms with E-state index in [0.717, 1.165) is 11.8 Å². The van der Waals surface area contributed by atoms with Crippen molar-refractivity contribution in [1.82, 2.24) is 15.2 Å². The van der Waals surface area contributed by atoms with E-state index in [9.17, 15) is 13.2 Å². The molecule has 0 fully saturated rings. The lowest BCUT2D eigenvalue weighted by Gasteiger charge is -2.18. The molecule has 0 aliphatic heterocycles. The Bertz CT molecular complexity index is 624. The molecule has 4 nitrogen and oxygen atoms in total. The normalized spacial score (nSPS) is 12.7. The van der Waals surface area contributed by atoms with E-state index < -0.39 is 23.5 Å². The van der Waals surface area contributed by atoms with Gasteiger partial charge in [-0.05, 0) is 26.0 Å². The quantitative estimate of drug-likeness (QED) is 0.514. The highest BCUT2D eigenvalue weighted by atomic mass is 19.2. The zero-order valence-corrected chi connectivity index (χ0v) is 11.1. The van der Waals surface area contributed by atoms with Crippen LogP contribution in [0.1, 0.15) is 29.9 Å². The molecule has 2 rings (SSSR count). The zero-order valence-electron chi connectivity index (χ0n) is 11.1. The van der Waals surface area contributed by atoms with E-state index in [1.54, 1.807) is 17.7 Å². The lowest BCUT2D eigenvalue weighted by molar-refractivity contribution is 0.429. The van der Waals surface area contributed by atoms with Crippen molar-refractivity contribution in [2.75, 3.05) is 0 Å². The lowest BCUT2D eigenvalue weighted by atomic mass is 10.0. The van der Waals surface area contributed by atoms with Gasteiger partial charge in [0, 0.05) is 12.1 Å². The van der Waals surface area contributed by atoms with Gasteiger partial charge >= 0.3 is 0 Å².